The first-order valence-electron chi connectivity index (χ1n) is 6.76. The first kappa shape index (κ1) is 16.0. The lowest BCUT2D eigenvalue weighted by molar-refractivity contribution is -0.135. The van der Waals surface area contributed by atoms with Crippen molar-refractivity contribution in [2.24, 2.45) is 0 Å². The second-order valence-electron chi connectivity index (χ2n) is 5.53. The Labute approximate surface area is 132 Å². The third kappa shape index (κ3) is 3.27. The van der Waals surface area contributed by atoms with Crippen molar-refractivity contribution in [2.75, 3.05) is 20.2 Å². The van der Waals surface area contributed by atoms with E-state index in [2.05, 4.69) is 26.1 Å². The molecule has 0 aromatic heterocycles. The minimum absolute atomic E-state index is 0.0380. The van der Waals surface area contributed by atoms with E-state index in [1.54, 1.807) is 12.1 Å². The Balaban J connectivity index is 2.20. The zero-order valence-electron chi connectivity index (χ0n) is 12.4. The van der Waals surface area contributed by atoms with Gasteiger partial charge in [0.25, 0.3) is 0 Å². The SMILES string of the molecule is COC(=O)c1ccc(CN2CCNC(=O)C2(C)C)c(Br)c1. The summed E-state index contributed by atoms with van der Waals surface area (Å²) in [5.41, 5.74) is 0.993. The first-order chi connectivity index (χ1) is 9.86. The van der Waals surface area contributed by atoms with Crippen LogP contribution in [0.15, 0.2) is 22.7 Å². The molecule has 2 rings (SSSR count). The van der Waals surface area contributed by atoms with Crippen LogP contribution >= 0.6 is 15.9 Å². The number of nitrogens with one attached hydrogen (secondary N) is 1. The lowest BCUT2D eigenvalue weighted by Crippen LogP contribution is -2.61. The van der Waals surface area contributed by atoms with E-state index in [0.717, 1.165) is 16.6 Å². The Morgan fingerprint density at radius 3 is 2.81 bits per heavy atom. The Morgan fingerprint density at radius 2 is 2.19 bits per heavy atom. The van der Waals surface area contributed by atoms with Crippen molar-refractivity contribution in [3.05, 3.63) is 33.8 Å². The average Bonchev–Trinajstić information content (AvgIpc) is 2.45. The summed E-state index contributed by atoms with van der Waals surface area (Å²) in [5, 5.41) is 2.88. The predicted molar refractivity (Wildman–Crippen MR) is 83.0 cm³/mol. The van der Waals surface area contributed by atoms with Gasteiger partial charge in [0, 0.05) is 24.1 Å². The number of methoxy groups -OCH3 is 1. The van der Waals surface area contributed by atoms with E-state index in [4.69, 9.17) is 4.74 Å². The number of hydrogen-bond acceptors (Lipinski definition) is 4. The molecule has 1 aliphatic heterocycles. The van der Waals surface area contributed by atoms with Crippen LogP contribution in [0.4, 0.5) is 0 Å². The molecule has 0 aliphatic carbocycles. The number of piperazine rings is 1. The minimum Gasteiger partial charge on any atom is -0.465 e. The number of carbonyl (C=O) groups excluding carboxylic acids is 2. The van der Waals surface area contributed by atoms with Crippen molar-refractivity contribution in [3.8, 4) is 0 Å². The van der Waals surface area contributed by atoms with E-state index in [1.165, 1.54) is 7.11 Å². The van der Waals surface area contributed by atoms with Crippen LogP contribution < -0.4 is 5.32 Å². The van der Waals surface area contributed by atoms with Crippen molar-refractivity contribution >= 4 is 27.8 Å². The van der Waals surface area contributed by atoms with Crippen molar-refractivity contribution in [2.45, 2.75) is 25.9 Å². The summed E-state index contributed by atoms with van der Waals surface area (Å²) in [7, 11) is 1.36. The Kier molecular flexibility index (Phi) is 4.68. The summed E-state index contributed by atoms with van der Waals surface area (Å²) >= 11 is 3.49. The molecule has 0 radical (unpaired) electrons. The largest absolute Gasteiger partial charge is 0.465 e. The van der Waals surface area contributed by atoms with Gasteiger partial charge in [-0.3, -0.25) is 9.69 Å². The molecular weight excluding hydrogens is 336 g/mol. The number of rotatable bonds is 3. The third-order valence-electron chi connectivity index (χ3n) is 3.85. The zero-order chi connectivity index (χ0) is 15.6. The number of hydrogen-bond donors (Lipinski definition) is 1. The number of ether oxygens (including phenoxy) is 1. The van der Waals surface area contributed by atoms with E-state index in [9.17, 15) is 9.59 Å². The molecule has 1 N–H and O–H groups in total. The highest BCUT2D eigenvalue weighted by atomic mass is 79.9. The van der Waals surface area contributed by atoms with Gasteiger partial charge in [-0.05, 0) is 31.5 Å². The van der Waals surface area contributed by atoms with E-state index in [-0.39, 0.29) is 11.9 Å². The number of esters is 1. The summed E-state index contributed by atoms with van der Waals surface area (Å²) in [6, 6.07) is 5.38. The Morgan fingerprint density at radius 1 is 1.48 bits per heavy atom. The van der Waals surface area contributed by atoms with E-state index >= 15 is 0 Å². The molecule has 114 valence electrons. The third-order valence-corrected chi connectivity index (χ3v) is 4.59. The van der Waals surface area contributed by atoms with Crippen molar-refractivity contribution in [1.29, 1.82) is 0 Å². The van der Waals surface area contributed by atoms with Crippen LogP contribution in [0.25, 0.3) is 0 Å². The number of benzene rings is 1. The molecule has 0 bridgehead atoms. The number of carbonyl (C=O) groups is 2. The highest BCUT2D eigenvalue weighted by Crippen LogP contribution is 2.25. The molecule has 1 amide bonds. The quantitative estimate of drug-likeness (QED) is 0.842. The van der Waals surface area contributed by atoms with Gasteiger partial charge in [-0.1, -0.05) is 22.0 Å². The maximum atomic E-state index is 12.0. The van der Waals surface area contributed by atoms with Gasteiger partial charge in [0.15, 0.2) is 0 Å². The molecule has 0 saturated carbocycles. The molecule has 1 aromatic rings. The maximum Gasteiger partial charge on any atom is 0.337 e. The van der Waals surface area contributed by atoms with Crippen molar-refractivity contribution < 1.29 is 14.3 Å². The standard InChI is InChI=1S/C15H19BrN2O3/c1-15(2)14(20)17-6-7-18(15)9-11-5-4-10(8-12(11)16)13(19)21-3/h4-5,8H,6-7,9H2,1-3H3,(H,17,20). The number of nitrogens with zero attached hydrogens (tertiary/aromatic N) is 1. The van der Waals surface area contributed by atoms with Gasteiger partial charge in [0.1, 0.15) is 0 Å². The molecule has 6 heteroatoms. The van der Waals surface area contributed by atoms with Gasteiger partial charge in [0.2, 0.25) is 5.91 Å². The molecule has 0 unspecified atom stereocenters. The molecular formula is C15H19BrN2O3. The molecule has 1 aliphatic rings. The molecule has 0 spiro atoms. The molecule has 0 atom stereocenters. The van der Waals surface area contributed by atoms with Gasteiger partial charge in [-0.15, -0.1) is 0 Å². The van der Waals surface area contributed by atoms with Crippen LogP contribution in [0.2, 0.25) is 0 Å². The first-order valence-corrected chi connectivity index (χ1v) is 7.55. The van der Waals surface area contributed by atoms with E-state index in [1.807, 2.05) is 19.9 Å². The summed E-state index contributed by atoms with van der Waals surface area (Å²) in [4.78, 5) is 25.6. The van der Waals surface area contributed by atoms with Gasteiger partial charge >= 0.3 is 5.97 Å². The molecule has 21 heavy (non-hydrogen) atoms. The van der Waals surface area contributed by atoms with Gasteiger partial charge < -0.3 is 10.1 Å². The van der Waals surface area contributed by atoms with E-state index < -0.39 is 5.54 Å². The zero-order valence-corrected chi connectivity index (χ0v) is 14.0. The summed E-state index contributed by atoms with van der Waals surface area (Å²) in [5.74, 6) is -0.323. The lowest BCUT2D eigenvalue weighted by Gasteiger charge is -2.41. The fourth-order valence-corrected chi connectivity index (χ4v) is 2.85. The number of amides is 1. The molecule has 1 aromatic carbocycles. The van der Waals surface area contributed by atoms with Crippen LogP contribution in [0, 0.1) is 0 Å². The smallest absolute Gasteiger partial charge is 0.337 e. The van der Waals surface area contributed by atoms with Crippen LogP contribution in [-0.4, -0.2) is 42.5 Å². The monoisotopic (exact) mass is 354 g/mol. The maximum absolute atomic E-state index is 12.0. The highest BCUT2D eigenvalue weighted by molar-refractivity contribution is 9.10. The van der Waals surface area contributed by atoms with Crippen LogP contribution in [0.3, 0.4) is 0 Å². The fourth-order valence-electron chi connectivity index (χ4n) is 2.35. The normalized spacial score (nSPS) is 18.2. The second-order valence-corrected chi connectivity index (χ2v) is 6.39. The Bertz CT molecular complexity index is 572. The average molecular weight is 355 g/mol. The highest BCUT2D eigenvalue weighted by Gasteiger charge is 2.37. The van der Waals surface area contributed by atoms with Gasteiger partial charge in [0.05, 0.1) is 18.2 Å². The van der Waals surface area contributed by atoms with Gasteiger partial charge in [-0.25, -0.2) is 4.79 Å². The van der Waals surface area contributed by atoms with Crippen molar-refractivity contribution in [3.63, 3.8) is 0 Å². The minimum atomic E-state index is -0.543. The lowest BCUT2D eigenvalue weighted by atomic mass is 9.98. The van der Waals surface area contributed by atoms with Crippen LogP contribution in [0.1, 0.15) is 29.8 Å². The van der Waals surface area contributed by atoms with Crippen LogP contribution in [0.5, 0.6) is 0 Å². The Hall–Kier alpha value is -1.40. The van der Waals surface area contributed by atoms with Gasteiger partial charge in [-0.2, -0.15) is 0 Å². The van der Waals surface area contributed by atoms with Crippen molar-refractivity contribution in [1.82, 2.24) is 10.2 Å². The molecule has 1 fully saturated rings. The second kappa shape index (κ2) is 6.15. The fraction of sp³-hybridized carbons (Fsp3) is 0.467. The molecule has 5 nitrogen and oxygen atoms in total. The van der Waals surface area contributed by atoms with E-state index in [0.29, 0.717) is 18.7 Å². The predicted octanol–water partition coefficient (Wildman–Crippen LogP) is 1.95. The molecule has 1 heterocycles. The number of halogens is 1. The molecule has 1 saturated heterocycles. The summed E-state index contributed by atoms with van der Waals surface area (Å²) in [6.45, 7) is 5.92. The van der Waals surface area contributed by atoms with Crippen LogP contribution in [-0.2, 0) is 16.1 Å². The summed E-state index contributed by atoms with van der Waals surface area (Å²) in [6.07, 6.45) is 0. The summed E-state index contributed by atoms with van der Waals surface area (Å²) < 4.78 is 5.55. The topological polar surface area (TPSA) is 58.6 Å².